The third-order valence-electron chi connectivity index (χ3n) is 2.74. The third-order valence-corrected chi connectivity index (χ3v) is 2.74. The lowest BCUT2D eigenvalue weighted by atomic mass is 10.0. The minimum atomic E-state index is -0.557. The first-order valence-electron chi connectivity index (χ1n) is 5.68. The Morgan fingerprint density at radius 2 is 1.88 bits per heavy atom. The van der Waals surface area contributed by atoms with Crippen molar-refractivity contribution in [2.75, 3.05) is 25.1 Å². The Morgan fingerprint density at radius 3 is 2.31 bits per heavy atom. The summed E-state index contributed by atoms with van der Waals surface area (Å²) in [5.74, 6) is 0. The SMILES string of the molecule is CCc1ccc(N(C)CC(C)(N)CO)cc1. The van der Waals surface area contributed by atoms with Gasteiger partial charge < -0.3 is 15.7 Å². The highest BCUT2D eigenvalue weighted by Crippen LogP contribution is 2.15. The average Bonchev–Trinajstić information content (AvgIpc) is 2.28. The molecule has 0 aliphatic rings. The fourth-order valence-corrected chi connectivity index (χ4v) is 1.67. The largest absolute Gasteiger partial charge is 0.394 e. The minimum Gasteiger partial charge on any atom is -0.394 e. The van der Waals surface area contributed by atoms with E-state index in [4.69, 9.17) is 10.8 Å². The van der Waals surface area contributed by atoms with E-state index < -0.39 is 5.54 Å². The molecular weight excluding hydrogens is 200 g/mol. The van der Waals surface area contributed by atoms with E-state index in [0.29, 0.717) is 6.54 Å². The number of hydrogen-bond donors (Lipinski definition) is 2. The molecule has 1 rings (SSSR count). The molecule has 1 unspecified atom stereocenters. The maximum absolute atomic E-state index is 9.12. The summed E-state index contributed by atoms with van der Waals surface area (Å²) < 4.78 is 0. The lowest BCUT2D eigenvalue weighted by Crippen LogP contribution is -2.49. The van der Waals surface area contributed by atoms with Crippen LogP contribution in [-0.2, 0) is 6.42 Å². The molecule has 1 atom stereocenters. The summed E-state index contributed by atoms with van der Waals surface area (Å²) in [6.07, 6.45) is 1.05. The van der Waals surface area contributed by atoms with Gasteiger partial charge in [0.15, 0.2) is 0 Å². The van der Waals surface area contributed by atoms with Gasteiger partial charge in [-0.2, -0.15) is 0 Å². The Labute approximate surface area is 97.9 Å². The number of nitrogens with two attached hydrogens (primary N) is 1. The van der Waals surface area contributed by atoms with E-state index in [1.165, 1.54) is 5.56 Å². The fraction of sp³-hybridized carbons (Fsp3) is 0.538. The van der Waals surface area contributed by atoms with Crippen LogP contribution in [0.15, 0.2) is 24.3 Å². The number of nitrogens with zero attached hydrogens (tertiary/aromatic N) is 1. The monoisotopic (exact) mass is 222 g/mol. The number of benzene rings is 1. The van der Waals surface area contributed by atoms with Crippen molar-refractivity contribution >= 4 is 5.69 Å². The van der Waals surface area contributed by atoms with Crippen LogP contribution in [0, 0.1) is 0 Å². The molecule has 0 aliphatic heterocycles. The number of anilines is 1. The maximum Gasteiger partial charge on any atom is 0.0625 e. The Balaban J connectivity index is 2.69. The van der Waals surface area contributed by atoms with Gasteiger partial charge in [0.25, 0.3) is 0 Å². The van der Waals surface area contributed by atoms with E-state index in [1.54, 1.807) is 0 Å². The molecule has 16 heavy (non-hydrogen) atoms. The summed E-state index contributed by atoms with van der Waals surface area (Å²) in [4.78, 5) is 2.07. The van der Waals surface area contributed by atoms with E-state index in [2.05, 4.69) is 36.1 Å². The number of aryl methyl sites for hydroxylation is 1. The van der Waals surface area contributed by atoms with Gasteiger partial charge in [-0.05, 0) is 31.0 Å². The first-order valence-corrected chi connectivity index (χ1v) is 5.68. The molecule has 0 aromatic heterocycles. The Bertz CT molecular complexity index is 319. The van der Waals surface area contributed by atoms with Crippen molar-refractivity contribution in [2.45, 2.75) is 25.8 Å². The first kappa shape index (κ1) is 13.0. The summed E-state index contributed by atoms with van der Waals surface area (Å²) in [5.41, 5.74) is 7.82. The van der Waals surface area contributed by atoms with Crippen LogP contribution in [0.5, 0.6) is 0 Å². The zero-order chi connectivity index (χ0) is 12.2. The van der Waals surface area contributed by atoms with Crippen LogP contribution < -0.4 is 10.6 Å². The molecule has 0 fully saturated rings. The molecule has 1 aromatic carbocycles. The number of likely N-dealkylation sites (N-methyl/N-ethyl adjacent to an activating group) is 1. The highest BCUT2D eigenvalue weighted by Gasteiger charge is 2.19. The molecule has 1 aromatic rings. The zero-order valence-electron chi connectivity index (χ0n) is 10.4. The molecule has 3 nitrogen and oxygen atoms in total. The van der Waals surface area contributed by atoms with Crippen molar-refractivity contribution in [3.63, 3.8) is 0 Å². The van der Waals surface area contributed by atoms with E-state index in [1.807, 2.05) is 14.0 Å². The second-order valence-corrected chi connectivity index (χ2v) is 4.69. The number of aliphatic hydroxyl groups is 1. The second-order valence-electron chi connectivity index (χ2n) is 4.69. The van der Waals surface area contributed by atoms with Crippen molar-refractivity contribution in [1.29, 1.82) is 0 Å². The predicted molar refractivity (Wildman–Crippen MR) is 68.8 cm³/mol. The average molecular weight is 222 g/mol. The lowest BCUT2D eigenvalue weighted by molar-refractivity contribution is 0.212. The van der Waals surface area contributed by atoms with E-state index in [-0.39, 0.29) is 6.61 Å². The lowest BCUT2D eigenvalue weighted by Gasteiger charge is -2.29. The summed E-state index contributed by atoms with van der Waals surface area (Å²) in [5, 5.41) is 9.12. The van der Waals surface area contributed by atoms with Gasteiger partial charge >= 0.3 is 0 Å². The molecular formula is C13H22N2O. The van der Waals surface area contributed by atoms with Gasteiger partial charge in [0.05, 0.1) is 12.1 Å². The smallest absolute Gasteiger partial charge is 0.0625 e. The summed E-state index contributed by atoms with van der Waals surface area (Å²) >= 11 is 0. The normalized spacial score (nSPS) is 14.6. The number of aliphatic hydroxyl groups excluding tert-OH is 1. The molecule has 0 heterocycles. The molecule has 0 bridgehead atoms. The van der Waals surface area contributed by atoms with Crippen molar-refractivity contribution in [2.24, 2.45) is 5.73 Å². The summed E-state index contributed by atoms with van der Waals surface area (Å²) in [7, 11) is 1.99. The van der Waals surface area contributed by atoms with Crippen LogP contribution in [0.4, 0.5) is 5.69 Å². The molecule has 0 saturated heterocycles. The molecule has 0 amide bonds. The van der Waals surface area contributed by atoms with Crippen molar-refractivity contribution in [3.05, 3.63) is 29.8 Å². The molecule has 90 valence electrons. The number of hydrogen-bond acceptors (Lipinski definition) is 3. The van der Waals surface area contributed by atoms with Crippen LogP contribution in [-0.4, -0.2) is 30.8 Å². The van der Waals surface area contributed by atoms with Gasteiger partial charge in [-0.3, -0.25) is 0 Å². The highest BCUT2D eigenvalue weighted by molar-refractivity contribution is 5.47. The quantitative estimate of drug-likeness (QED) is 0.791. The molecule has 0 saturated carbocycles. The van der Waals surface area contributed by atoms with Gasteiger partial charge in [-0.15, -0.1) is 0 Å². The van der Waals surface area contributed by atoms with Gasteiger partial charge in [-0.1, -0.05) is 19.1 Å². The summed E-state index contributed by atoms with van der Waals surface area (Å²) in [6.45, 7) is 4.62. The van der Waals surface area contributed by atoms with E-state index in [0.717, 1.165) is 12.1 Å². The molecule has 0 aliphatic carbocycles. The first-order chi connectivity index (χ1) is 7.48. The van der Waals surface area contributed by atoms with Crippen LogP contribution in [0.2, 0.25) is 0 Å². The number of rotatable bonds is 5. The highest BCUT2D eigenvalue weighted by atomic mass is 16.3. The minimum absolute atomic E-state index is 0.00954. The van der Waals surface area contributed by atoms with Crippen molar-refractivity contribution in [1.82, 2.24) is 0 Å². The van der Waals surface area contributed by atoms with Gasteiger partial charge in [0.2, 0.25) is 0 Å². The van der Waals surface area contributed by atoms with Gasteiger partial charge in [-0.25, -0.2) is 0 Å². The second kappa shape index (κ2) is 5.32. The molecule has 3 heteroatoms. The van der Waals surface area contributed by atoms with Gasteiger partial charge in [0, 0.05) is 19.3 Å². The van der Waals surface area contributed by atoms with Crippen LogP contribution >= 0.6 is 0 Å². The molecule has 3 N–H and O–H groups in total. The maximum atomic E-state index is 9.12. The van der Waals surface area contributed by atoms with E-state index >= 15 is 0 Å². The van der Waals surface area contributed by atoms with Crippen LogP contribution in [0.3, 0.4) is 0 Å². The topological polar surface area (TPSA) is 49.5 Å². The Morgan fingerprint density at radius 1 is 1.31 bits per heavy atom. The Hall–Kier alpha value is -1.06. The van der Waals surface area contributed by atoms with Crippen molar-refractivity contribution in [3.8, 4) is 0 Å². The third kappa shape index (κ3) is 3.51. The van der Waals surface area contributed by atoms with Crippen LogP contribution in [0.25, 0.3) is 0 Å². The zero-order valence-corrected chi connectivity index (χ0v) is 10.4. The fourth-order valence-electron chi connectivity index (χ4n) is 1.67. The molecule has 0 spiro atoms. The standard InChI is InChI=1S/C13H22N2O/c1-4-11-5-7-12(8-6-11)15(3)9-13(2,14)10-16/h5-8,16H,4,9-10,14H2,1-3H3. The van der Waals surface area contributed by atoms with E-state index in [9.17, 15) is 0 Å². The Kier molecular flexibility index (Phi) is 4.33. The predicted octanol–water partition coefficient (Wildman–Crippen LogP) is 1.39. The van der Waals surface area contributed by atoms with Gasteiger partial charge in [0.1, 0.15) is 0 Å². The van der Waals surface area contributed by atoms with Crippen molar-refractivity contribution < 1.29 is 5.11 Å². The van der Waals surface area contributed by atoms with Crippen LogP contribution in [0.1, 0.15) is 19.4 Å². The molecule has 0 radical (unpaired) electrons. The summed E-state index contributed by atoms with van der Waals surface area (Å²) in [6, 6.07) is 8.43.